The highest BCUT2D eigenvalue weighted by molar-refractivity contribution is 5.95. The lowest BCUT2D eigenvalue weighted by Gasteiger charge is -2.45. The Balaban J connectivity index is 1.80. The van der Waals surface area contributed by atoms with E-state index in [1.54, 1.807) is 0 Å². The molecule has 1 spiro atoms. The largest absolute Gasteiger partial charge is 0.469 e. The molecule has 3 rings (SSSR count). The molecule has 2 amide bonds. The van der Waals surface area contributed by atoms with E-state index >= 15 is 0 Å². The van der Waals surface area contributed by atoms with E-state index in [9.17, 15) is 23.2 Å². The van der Waals surface area contributed by atoms with Gasteiger partial charge in [-0.15, -0.1) is 0 Å². The maximum absolute atomic E-state index is 14.0. The summed E-state index contributed by atoms with van der Waals surface area (Å²) in [5.41, 5.74) is -1.33. The van der Waals surface area contributed by atoms with Gasteiger partial charge in [-0.3, -0.25) is 19.2 Å². The van der Waals surface area contributed by atoms with E-state index in [0.29, 0.717) is 0 Å². The summed E-state index contributed by atoms with van der Waals surface area (Å²) in [6, 6.07) is 3.44. The minimum Gasteiger partial charge on any atom is -0.469 e. The number of carbonyl (C=O) groups excluding carboxylic acids is 3. The first-order valence-electron chi connectivity index (χ1n) is 9.61. The Morgan fingerprint density at radius 2 is 1.87 bits per heavy atom. The smallest absolute Gasteiger partial charge is 0.311 e. The van der Waals surface area contributed by atoms with Crippen LogP contribution in [0, 0.1) is 17.6 Å². The second kappa shape index (κ2) is 9.05. The average Bonchev–Trinajstić information content (AvgIpc) is 3.01. The van der Waals surface area contributed by atoms with Crippen LogP contribution in [0.1, 0.15) is 29.6 Å². The highest BCUT2D eigenvalue weighted by Gasteiger charge is 2.58. The molecule has 1 aromatic rings. The Morgan fingerprint density at radius 1 is 1.17 bits per heavy atom. The van der Waals surface area contributed by atoms with Crippen LogP contribution < -0.4 is 0 Å². The van der Waals surface area contributed by atoms with E-state index in [-0.39, 0.29) is 57.0 Å². The molecule has 2 aliphatic heterocycles. The van der Waals surface area contributed by atoms with Crippen molar-refractivity contribution in [2.24, 2.45) is 5.92 Å². The first-order valence-corrected chi connectivity index (χ1v) is 9.61. The van der Waals surface area contributed by atoms with Gasteiger partial charge < -0.3 is 14.4 Å². The summed E-state index contributed by atoms with van der Waals surface area (Å²) in [7, 11) is 2.75. The summed E-state index contributed by atoms with van der Waals surface area (Å²) in [6.45, 7) is 0.653. The molecule has 1 aromatic carbocycles. The maximum Gasteiger partial charge on any atom is 0.311 e. The van der Waals surface area contributed by atoms with Crippen LogP contribution >= 0.6 is 0 Å². The quantitative estimate of drug-likeness (QED) is 0.507. The number of nitrogens with zero attached hydrogens (tertiary/aromatic N) is 2. The number of rotatable bonds is 6. The van der Waals surface area contributed by atoms with Gasteiger partial charge in [0.25, 0.3) is 5.91 Å². The fourth-order valence-electron chi connectivity index (χ4n) is 4.18. The van der Waals surface area contributed by atoms with Crippen molar-refractivity contribution >= 4 is 17.8 Å². The zero-order valence-corrected chi connectivity index (χ0v) is 16.9. The van der Waals surface area contributed by atoms with Crippen molar-refractivity contribution < 1.29 is 37.5 Å². The molecule has 0 aromatic heterocycles. The standard InChI is InChI=1S/C20H24F2N2O6/c1-28-10-11-30-24-16(25)12-14(19(27)29-2)20(24)6-8-23(9-7-20)18(26)13-4-3-5-15(21)17(13)22/h3-5,14H,6-12H2,1-2H3/t14-/m0/s1. The highest BCUT2D eigenvalue weighted by atomic mass is 19.2. The molecule has 1 atom stereocenters. The second-order valence-corrected chi connectivity index (χ2v) is 7.29. The molecule has 2 fully saturated rings. The van der Waals surface area contributed by atoms with E-state index in [1.165, 1.54) is 36.3 Å². The predicted octanol–water partition coefficient (Wildman–Crippen LogP) is 1.54. The van der Waals surface area contributed by atoms with Gasteiger partial charge in [0.2, 0.25) is 5.91 Å². The second-order valence-electron chi connectivity index (χ2n) is 7.29. The first kappa shape index (κ1) is 22.1. The van der Waals surface area contributed by atoms with Crippen molar-refractivity contribution in [3.63, 3.8) is 0 Å². The molecule has 10 heteroatoms. The van der Waals surface area contributed by atoms with Crippen LogP contribution in [0.5, 0.6) is 0 Å². The molecular weight excluding hydrogens is 402 g/mol. The minimum absolute atomic E-state index is 0.0634. The van der Waals surface area contributed by atoms with Crippen LogP contribution in [0.25, 0.3) is 0 Å². The molecule has 0 N–H and O–H groups in total. The van der Waals surface area contributed by atoms with Gasteiger partial charge in [-0.2, -0.15) is 0 Å². The number of esters is 1. The van der Waals surface area contributed by atoms with Crippen LogP contribution in [0.2, 0.25) is 0 Å². The van der Waals surface area contributed by atoms with Crippen molar-refractivity contribution in [2.75, 3.05) is 40.5 Å². The number of ether oxygens (including phenoxy) is 2. The van der Waals surface area contributed by atoms with Gasteiger partial charge in [-0.1, -0.05) is 6.07 Å². The Labute approximate surface area is 172 Å². The number of halogens is 2. The average molecular weight is 426 g/mol. The Bertz CT molecular complexity index is 826. The molecule has 0 bridgehead atoms. The van der Waals surface area contributed by atoms with E-state index < -0.39 is 35.0 Å². The maximum atomic E-state index is 14.0. The third-order valence-corrected chi connectivity index (χ3v) is 5.75. The molecule has 0 unspecified atom stereocenters. The number of benzene rings is 1. The normalized spacial score (nSPS) is 20.7. The van der Waals surface area contributed by atoms with E-state index in [4.69, 9.17) is 14.3 Å². The number of methoxy groups -OCH3 is 2. The number of carbonyl (C=O) groups is 3. The van der Waals surface area contributed by atoms with Gasteiger partial charge >= 0.3 is 5.97 Å². The van der Waals surface area contributed by atoms with Crippen molar-refractivity contribution in [1.82, 2.24) is 9.96 Å². The summed E-state index contributed by atoms with van der Waals surface area (Å²) in [5, 5.41) is 1.22. The van der Waals surface area contributed by atoms with Gasteiger partial charge in [-0.25, -0.2) is 13.8 Å². The molecule has 8 nitrogen and oxygen atoms in total. The predicted molar refractivity (Wildman–Crippen MR) is 99.0 cm³/mol. The van der Waals surface area contributed by atoms with Gasteiger partial charge in [-0.05, 0) is 25.0 Å². The molecular formula is C20H24F2N2O6. The SMILES string of the molecule is COCCON1C(=O)C[C@@H](C(=O)OC)C12CCN(C(=O)c1cccc(F)c1F)CC2. The van der Waals surface area contributed by atoms with E-state index in [0.717, 1.165) is 6.07 Å². The lowest BCUT2D eigenvalue weighted by atomic mass is 9.77. The summed E-state index contributed by atoms with van der Waals surface area (Å²) in [4.78, 5) is 44.7. The van der Waals surface area contributed by atoms with Gasteiger partial charge in [0.15, 0.2) is 11.6 Å². The van der Waals surface area contributed by atoms with Gasteiger partial charge in [0.1, 0.15) is 0 Å². The summed E-state index contributed by atoms with van der Waals surface area (Å²) in [5.74, 6) is -4.57. The topological polar surface area (TPSA) is 85.4 Å². The lowest BCUT2D eigenvalue weighted by molar-refractivity contribution is -0.226. The number of likely N-dealkylation sites (tertiary alicyclic amines) is 1. The third kappa shape index (κ3) is 3.89. The minimum atomic E-state index is -1.20. The van der Waals surface area contributed by atoms with Crippen LogP contribution in [0.4, 0.5) is 8.78 Å². The number of hydrogen-bond donors (Lipinski definition) is 0. The Kier molecular flexibility index (Phi) is 6.67. The van der Waals surface area contributed by atoms with Crippen LogP contribution in [0.15, 0.2) is 18.2 Å². The van der Waals surface area contributed by atoms with Crippen LogP contribution in [0.3, 0.4) is 0 Å². The third-order valence-electron chi connectivity index (χ3n) is 5.75. The Hall–Kier alpha value is -2.59. The van der Waals surface area contributed by atoms with Crippen LogP contribution in [-0.2, 0) is 23.9 Å². The number of piperidine rings is 1. The molecule has 0 saturated carbocycles. The van der Waals surface area contributed by atoms with Crippen molar-refractivity contribution in [3.8, 4) is 0 Å². The first-order chi connectivity index (χ1) is 14.4. The molecule has 2 aliphatic rings. The monoisotopic (exact) mass is 426 g/mol. The zero-order valence-electron chi connectivity index (χ0n) is 16.9. The van der Waals surface area contributed by atoms with Crippen LogP contribution in [-0.4, -0.2) is 73.8 Å². The van der Waals surface area contributed by atoms with Gasteiger partial charge in [0.05, 0.1) is 37.3 Å². The zero-order chi connectivity index (χ0) is 21.9. The number of hydrogen-bond acceptors (Lipinski definition) is 6. The summed E-state index contributed by atoms with van der Waals surface area (Å²) >= 11 is 0. The fourth-order valence-corrected chi connectivity index (χ4v) is 4.18. The fraction of sp³-hybridized carbons (Fsp3) is 0.550. The van der Waals surface area contributed by atoms with E-state index in [2.05, 4.69) is 0 Å². The molecule has 30 heavy (non-hydrogen) atoms. The molecule has 0 radical (unpaired) electrons. The van der Waals surface area contributed by atoms with Gasteiger partial charge in [0, 0.05) is 26.6 Å². The highest BCUT2D eigenvalue weighted by Crippen LogP contribution is 2.44. The molecule has 2 saturated heterocycles. The molecule has 2 heterocycles. The molecule has 164 valence electrons. The van der Waals surface area contributed by atoms with Crippen molar-refractivity contribution in [3.05, 3.63) is 35.4 Å². The lowest BCUT2D eigenvalue weighted by Crippen LogP contribution is -2.58. The van der Waals surface area contributed by atoms with Crippen molar-refractivity contribution in [2.45, 2.75) is 24.8 Å². The summed E-state index contributed by atoms with van der Waals surface area (Å²) < 4.78 is 37.4. The summed E-state index contributed by atoms with van der Waals surface area (Å²) in [6.07, 6.45) is 0.397. The van der Waals surface area contributed by atoms with E-state index in [1.807, 2.05) is 0 Å². The molecule has 0 aliphatic carbocycles. The van der Waals surface area contributed by atoms with Crippen molar-refractivity contribution in [1.29, 1.82) is 0 Å². The Morgan fingerprint density at radius 3 is 2.50 bits per heavy atom. The number of hydroxylamine groups is 2. The number of amides is 2.